The van der Waals surface area contributed by atoms with Gasteiger partial charge in [-0.25, -0.2) is 4.79 Å². The Morgan fingerprint density at radius 3 is 2.11 bits per heavy atom. The van der Waals surface area contributed by atoms with Crippen molar-refractivity contribution in [3.05, 3.63) is 0 Å². The van der Waals surface area contributed by atoms with E-state index >= 15 is 0 Å². The van der Waals surface area contributed by atoms with Crippen LogP contribution in [0.2, 0.25) is 0 Å². The van der Waals surface area contributed by atoms with Crippen molar-refractivity contribution < 1.29 is 28.7 Å². The topological polar surface area (TPSA) is 72.8 Å². The van der Waals surface area contributed by atoms with Crippen LogP contribution >= 0.6 is 0 Å². The molecule has 0 amide bonds. The first kappa shape index (κ1) is 17.9. The van der Waals surface area contributed by atoms with E-state index in [0.29, 0.717) is 11.0 Å². The Bertz CT molecular complexity index is 314. The number of carbonyl (C=O) groups is 2. The van der Waals surface area contributed by atoms with E-state index in [1.165, 1.54) is 0 Å². The number of aliphatic hydroxyl groups is 1. The van der Waals surface area contributed by atoms with Crippen LogP contribution in [0.25, 0.3) is 0 Å². The Morgan fingerprint density at radius 2 is 1.68 bits per heavy atom. The summed E-state index contributed by atoms with van der Waals surface area (Å²) in [5.74, 6) is -1.20. The molecule has 0 saturated heterocycles. The van der Waals surface area contributed by atoms with Crippen molar-refractivity contribution >= 4 is 11.9 Å². The lowest BCUT2D eigenvalue weighted by Crippen LogP contribution is -2.42. The Balaban J connectivity index is 3.97. The van der Waals surface area contributed by atoms with E-state index in [0.717, 1.165) is 0 Å². The fraction of sp³-hybridized carbons (Fsp3) is 0.846. The van der Waals surface area contributed by atoms with Crippen LogP contribution in [0.5, 0.6) is 0 Å². The number of esters is 2. The highest BCUT2D eigenvalue weighted by molar-refractivity contribution is 5.76. The summed E-state index contributed by atoms with van der Waals surface area (Å²) in [5.41, 5.74) is -0.604. The normalized spacial score (nSPS) is 13.8. The number of likely N-dealkylation sites (N-methyl/N-ethyl adjacent to an activating group) is 1. The summed E-state index contributed by atoms with van der Waals surface area (Å²) >= 11 is 0. The van der Waals surface area contributed by atoms with Gasteiger partial charge in [0.2, 0.25) is 0 Å². The summed E-state index contributed by atoms with van der Waals surface area (Å²) in [6.07, 6.45) is -0.913. The molecule has 0 aliphatic carbocycles. The van der Waals surface area contributed by atoms with E-state index < -0.39 is 30.3 Å². The molecule has 0 spiro atoms. The second-order valence-corrected chi connectivity index (χ2v) is 6.58. The number of ether oxygens (including phenoxy) is 2. The van der Waals surface area contributed by atoms with Crippen molar-refractivity contribution in [3.8, 4) is 0 Å². The van der Waals surface area contributed by atoms with Crippen molar-refractivity contribution in [3.63, 3.8) is 0 Å². The molecule has 0 bridgehead atoms. The maximum absolute atomic E-state index is 11.4. The maximum Gasteiger partial charge on any atom is 0.344 e. The number of nitrogens with zero attached hydrogens (tertiary/aromatic N) is 1. The zero-order valence-corrected chi connectivity index (χ0v) is 12.7. The minimum absolute atomic E-state index is 0.127. The van der Waals surface area contributed by atoms with Gasteiger partial charge in [-0.15, -0.1) is 0 Å². The lowest BCUT2D eigenvalue weighted by Gasteiger charge is -2.26. The average molecular weight is 276 g/mol. The molecule has 0 aliphatic rings. The molecule has 0 fully saturated rings. The molecule has 6 nitrogen and oxygen atoms in total. The summed E-state index contributed by atoms with van der Waals surface area (Å²) in [4.78, 5) is 22.7. The third kappa shape index (κ3) is 11.7. The number of quaternary nitrogens is 1. The molecule has 1 N–H and O–H groups in total. The highest BCUT2D eigenvalue weighted by atomic mass is 16.6. The summed E-state index contributed by atoms with van der Waals surface area (Å²) in [5, 5.41) is 9.67. The fourth-order valence-corrected chi connectivity index (χ4v) is 1.46. The molecule has 0 aromatic carbocycles. The molecular weight excluding hydrogens is 250 g/mol. The van der Waals surface area contributed by atoms with Crippen LogP contribution < -0.4 is 0 Å². The minimum atomic E-state index is -0.786. The smallest absolute Gasteiger partial charge is 0.344 e. The van der Waals surface area contributed by atoms with E-state index in [-0.39, 0.29) is 6.42 Å². The molecule has 0 aromatic heterocycles. The summed E-state index contributed by atoms with van der Waals surface area (Å²) in [6, 6.07) is 0. The fourth-order valence-electron chi connectivity index (χ4n) is 1.46. The van der Waals surface area contributed by atoms with E-state index in [1.807, 2.05) is 21.1 Å². The number of hydrogen-bond acceptors (Lipinski definition) is 5. The van der Waals surface area contributed by atoms with Crippen molar-refractivity contribution in [2.45, 2.75) is 38.9 Å². The lowest BCUT2D eigenvalue weighted by molar-refractivity contribution is -0.873. The first-order valence-electron chi connectivity index (χ1n) is 6.25. The van der Waals surface area contributed by atoms with E-state index in [2.05, 4.69) is 0 Å². The van der Waals surface area contributed by atoms with Gasteiger partial charge in [0.05, 0.1) is 27.6 Å². The lowest BCUT2D eigenvalue weighted by atomic mass is 10.2. The van der Waals surface area contributed by atoms with Gasteiger partial charge in [-0.2, -0.15) is 0 Å². The minimum Gasteiger partial charge on any atom is -0.457 e. The van der Waals surface area contributed by atoms with Gasteiger partial charge in [0.1, 0.15) is 18.2 Å². The summed E-state index contributed by atoms with van der Waals surface area (Å²) in [7, 11) is 5.74. The van der Waals surface area contributed by atoms with Crippen LogP contribution in [-0.4, -0.2) is 67.5 Å². The predicted octanol–water partition coefficient (Wildman–Crippen LogP) is 0.329. The van der Waals surface area contributed by atoms with Gasteiger partial charge in [-0.3, -0.25) is 4.79 Å². The van der Waals surface area contributed by atoms with Gasteiger partial charge in [0.15, 0.2) is 6.61 Å². The highest BCUT2D eigenvalue weighted by Crippen LogP contribution is 2.07. The Labute approximate surface area is 114 Å². The predicted molar refractivity (Wildman–Crippen MR) is 70.3 cm³/mol. The molecule has 0 rings (SSSR count). The molecule has 0 aliphatic heterocycles. The van der Waals surface area contributed by atoms with Gasteiger partial charge < -0.3 is 19.1 Å². The number of rotatable bonds is 6. The van der Waals surface area contributed by atoms with Crippen molar-refractivity contribution in [2.24, 2.45) is 0 Å². The van der Waals surface area contributed by atoms with Crippen LogP contribution in [-0.2, 0) is 19.1 Å². The van der Waals surface area contributed by atoms with E-state index in [1.54, 1.807) is 20.8 Å². The molecule has 0 radical (unpaired) electrons. The third-order valence-electron chi connectivity index (χ3n) is 1.93. The molecule has 0 unspecified atom stereocenters. The Kier molecular flexibility index (Phi) is 6.45. The van der Waals surface area contributed by atoms with Crippen LogP contribution in [0, 0.1) is 0 Å². The van der Waals surface area contributed by atoms with Gasteiger partial charge in [0, 0.05) is 0 Å². The number of carbonyl (C=O) groups excluding carboxylic acids is 2. The summed E-state index contributed by atoms with van der Waals surface area (Å²) in [6.45, 7) is 5.21. The maximum atomic E-state index is 11.4. The molecule has 6 heteroatoms. The molecule has 1 atom stereocenters. The molecule has 0 saturated carbocycles. The van der Waals surface area contributed by atoms with Crippen LogP contribution in [0.15, 0.2) is 0 Å². The third-order valence-corrected chi connectivity index (χ3v) is 1.93. The summed E-state index contributed by atoms with van der Waals surface area (Å²) < 4.78 is 10.3. The van der Waals surface area contributed by atoms with Gasteiger partial charge in [-0.1, -0.05) is 0 Å². The van der Waals surface area contributed by atoms with E-state index in [9.17, 15) is 14.7 Å². The molecular formula is C13H26NO5+. The zero-order valence-electron chi connectivity index (χ0n) is 12.7. The second-order valence-electron chi connectivity index (χ2n) is 6.58. The van der Waals surface area contributed by atoms with Crippen molar-refractivity contribution in [1.29, 1.82) is 0 Å². The first-order chi connectivity index (χ1) is 8.39. The highest BCUT2D eigenvalue weighted by Gasteiger charge is 2.21. The zero-order chi connectivity index (χ0) is 15.3. The Morgan fingerprint density at radius 1 is 1.16 bits per heavy atom. The monoisotopic (exact) mass is 276 g/mol. The molecule has 112 valence electrons. The number of aliphatic hydroxyl groups excluding tert-OH is 1. The standard InChI is InChI=1S/C13H26NO5/c1-13(2,3)19-12(17)9-18-11(16)7-10(15)8-14(4,5)6/h10,15H,7-9H2,1-6H3/q+1/t10-/m1/s1. The van der Waals surface area contributed by atoms with Crippen molar-refractivity contribution in [2.75, 3.05) is 34.3 Å². The SMILES string of the molecule is CC(C)(C)OC(=O)COC(=O)C[C@@H](O)C[N+](C)(C)C. The van der Waals surface area contributed by atoms with E-state index in [4.69, 9.17) is 9.47 Å². The average Bonchev–Trinajstić information content (AvgIpc) is 2.08. The molecule has 0 heterocycles. The molecule has 0 aromatic rings. The van der Waals surface area contributed by atoms with Crippen LogP contribution in [0.1, 0.15) is 27.2 Å². The first-order valence-corrected chi connectivity index (χ1v) is 6.25. The number of hydrogen-bond donors (Lipinski definition) is 1. The van der Waals surface area contributed by atoms with Gasteiger partial charge in [-0.05, 0) is 20.8 Å². The van der Waals surface area contributed by atoms with Crippen molar-refractivity contribution in [1.82, 2.24) is 0 Å². The second kappa shape index (κ2) is 6.86. The Hall–Kier alpha value is -1.14. The van der Waals surface area contributed by atoms with Crippen LogP contribution in [0.4, 0.5) is 0 Å². The molecule has 19 heavy (non-hydrogen) atoms. The largest absolute Gasteiger partial charge is 0.457 e. The van der Waals surface area contributed by atoms with Crippen LogP contribution in [0.3, 0.4) is 0 Å². The van der Waals surface area contributed by atoms with Gasteiger partial charge in [0.25, 0.3) is 0 Å². The van der Waals surface area contributed by atoms with Gasteiger partial charge >= 0.3 is 11.9 Å². The quantitative estimate of drug-likeness (QED) is 0.559.